The Morgan fingerprint density at radius 1 is 0.943 bits per heavy atom. The highest BCUT2D eigenvalue weighted by Gasteiger charge is 2.43. The molecule has 0 saturated carbocycles. The second-order valence-electron chi connectivity index (χ2n) is 8.97. The van der Waals surface area contributed by atoms with E-state index in [1.165, 1.54) is 12.7 Å². The first-order chi connectivity index (χ1) is 17.1. The number of fused-ring (bicyclic) bond motifs is 3. The van der Waals surface area contributed by atoms with Crippen LogP contribution in [0.1, 0.15) is 39.9 Å². The second-order valence-corrected chi connectivity index (χ2v) is 8.97. The Labute approximate surface area is 203 Å². The molecule has 35 heavy (non-hydrogen) atoms. The number of ether oxygens (including phenoxy) is 1. The molecule has 4 aromatic rings. The number of aromatic nitrogens is 1. The van der Waals surface area contributed by atoms with Crippen LogP contribution in [0.3, 0.4) is 0 Å². The van der Waals surface area contributed by atoms with Gasteiger partial charge in [0.2, 0.25) is 0 Å². The summed E-state index contributed by atoms with van der Waals surface area (Å²) in [5, 5.41) is 4.37. The number of allylic oxidation sites excluding steroid dienone is 2. The minimum Gasteiger partial charge on any atom is -0.466 e. The molecule has 1 atom stereocenters. The molecule has 5 nitrogen and oxygen atoms in total. The normalized spacial score (nSPS) is 16.9. The molecule has 1 N–H and O–H groups in total. The van der Waals surface area contributed by atoms with Gasteiger partial charge in [0.05, 0.1) is 24.3 Å². The number of nitrogens with one attached hydrogen (secondary N) is 1. The lowest BCUT2D eigenvalue weighted by molar-refractivity contribution is -0.136. The van der Waals surface area contributed by atoms with E-state index in [9.17, 15) is 9.59 Å². The van der Waals surface area contributed by atoms with E-state index in [-0.39, 0.29) is 5.78 Å². The summed E-state index contributed by atoms with van der Waals surface area (Å²) in [5.74, 6) is -1.03. The summed E-state index contributed by atoms with van der Waals surface area (Å²) in [6.45, 7) is 2.56. The molecule has 1 aromatic heterocycles. The summed E-state index contributed by atoms with van der Waals surface area (Å²) in [5.41, 5.74) is 7.22. The van der Waals surface area contributed by atoms with Gasteiger partial charge in [-0.05, 0) is 24.1 Å². The zero-order valence-electron chi connectivity index (χ0n) is 19.5. The minimum absolute atomic E-state index is 0.0538. The Morgan fingerprint density at radius 2 is 1.63 bits per heavy atom. The van der Waals surface area contributed by atoms with Crippen LogP contribution in [0.4, 0.5) is 0 Å². The van der Waals surface area contributed by atoms with Gasteiger partial charge in [0.25, 0.3) is 0 Å². The Balaban J connectivity index is 1.59. The number of para-hydroxylation sites is 1. The number of ketones is 1. The Morgan fingerprint density at radius 3 is 2.40 bits per heavy atom. The maximum Gasteiger partial charge on any atom is 0.336 e. The Kier molecular flexibility index (Phi) is 4.92. The van der Waals surface area contributed by atoms with Crippen LogP contribution < -0.4 is 5.32 Å². The Bertz CT molecular complexity index is 1570. The van der Waals surface area contributed by atoms with Gasteiger partial charge in [-0.2, -0.15) is 0 Å². The molecule has 6 rings (SSSR count). The van der Waals surface area contributed by atoms with Crippen molar-refractivity contribution in [3.63, 3.8) is 0 Å². The van der Waals surface area contributed by atoms with Crippen molar-refractivity contribution < 1.29 is 14.3 Å². The average Bonchev–Trinajstić information content (AvgIpc) is 3.39. The van der Waals surface area contributed by atoms with Crippen LogP contribution in [0.2, 0.25) is 0 Å². The molecule has 0 spiro atoms. The lowest BCUT2D eigenvalue weighted by Crippen LogP contribution is -2.29. The van der Waals surface area contributed by atoms with Gasteiger partial charge >= 0.3 is 5.97 Å². The highest BCUT2D eigenvalue weighted by molar-refractivity contribution is 6.23. The molecule has 0 saturated heterocycles. The molecule has 2 heterocycles. The summed E-state index contributed by atoms with van der Waals surface area (Å²) >= 11 is 0. The predicted molar refractivity (Wildman–Crippen MR) is 136 cm³/mol. The lowest BCUT2D eigenvalue weighted by atomic mass is 9.79. The molecule has 1 aliphatic heterocycles. The number of hydrogen-bond acceptors (Lipinski definition) is 4. The SMILES string of the molecule is COC(=O)C1=C(C)NC2=C(C(=O)c3ccccc32)[C@H]1c1cn(Cc2ccccc2)c2ccccc12. The van der Waals surface area contributed by atoms with Crippen LogP contribution in [0.15, 0.2) is 102 Å². The van der Waals surface area contributed by atoms with Gasteiger partial charge in [0, 0.05) is 46.0 Å². The number of Topliss-reactive ketones (excluding diaryl/α,β-unsaturated/α-hetero) is 1. The molecule has 1 aliphatic carbocycles. The van der Waals surface area contributed by atoms with Crippen LogP contribution in [0.25, 0.3) is 16.6 Å². The van der Waals surface area contributed by atoms with Crippen LogP contribution in [-0.2, 0) is 16.1 Å². The highest BCUT2D eigenvalue weighted by Crippen LogP contribution is 2.48. The smallest absolute Gasteiger partial charge is 0.336 e. The van der Waals surface area contributed by atoms with E-state index >= 15 is 0 Å². The van der Waals surface area contributed by atoms with Gasteiger partial charge in [-0.25, -0.2) is 4.79 Å². The minimum atomic E-state index is -0.541. The molecular formula is C30H24N2O3. The van der Waals surface area contributed by atoms with Gasteiger partial charge < -0.3 is 14.6 Å². The second kappa shape index (κ2) is 8.13. The number of esters is 1. The molecule has 0 fully saturated rings. The fraction of sp³-hybridized carbons (Fsp3) is 0.133. The molecule has 172 valence electrons. The van der Waals surface area contributed by atoms with Crippen molar-refractivity contribution in [1.29, 1.82) is 0 Å². The molecular weight excluding hydrogens is 436 g/mol. The van der Waals surface area contributed by atoms with E-state index in [0.29, 0.717) is 29.0 Å². The van der Waals surface area contributed by atoms with E-state index in [2.05, 4.69) is 40.3 Å². The van der Waals surface area contributed by atoms with Crippen molar-refractivity contribution in [3.05, 3.63) is 124 Å². The van der Waals surface area contributed by atoms with E-state index in [1.54, 1.807) is 0 Å². The van der Waals surface area contributed by atoms with E-state index in [4.69, 9.17) is 4.74 Å². The summed E-state index contributed by atoms with van der Waals surface area (Å²) in [6, 6.07) is 26.0. The standard InChI is InChI=1S/C30H24N2O3/c1-18-25(30(34)35-2)26(27-28(31-18)21-13-6-7-14-22(21)29(27)33)23-17-32(16-19-10-4-3-5-11-19)24-15-9-8-12-20(23)24/h3-15,17,26,31H,16H2,1-2H3/t26-/m0/s1. The predicted octanol–water partition coefficient (Wildman–Crippen LogP) is 5.43. The van der Waals surface area contributed by atoms with Crippen molar-refractivity contribution in [3.8, 4) is 0 Å². The molecule has 0 unspecified atom stereocenters. The molecule has 0 bridgehead atoms. The van der Waals surface area contributed by atoms with Crippen molar-refractivity contribution in [2.75, 3.05) is 7.11 Å². The van der Waals surface area contributed by atoms with Gasteiger partial charge in [-0.15, -0.1) is 0 Å². The van der Waals surface area contributed by atoms with Gasteiger partial charge in [0.15, 0.2) is 5.78 Å². The molecule has 2 aliphatic rings. The summed E-state index contributed by atoms with van der Waals surface area (Å²) in [4.78, 5) is 26.8. The first-order valence-corrected chi connectivity index (χ1v) is 11.6. The fourth-order valence-electron chi connectivity index (χ4n) is 5.44. The van der Waals surface area contributed by atoms with Crippen LogP contribution in [0, 0.1) is 0 Å². The molecule has 0 amide bonds. The van der Waals surface area contributed by atoms with Gasteiger partial charge in [0.1, 0.15) is 0 Å². The molecule has 0 radical (unpaired) electrons. The maximum atomic E-state index is 13.7. The van der Waals surface area contributed by atoms with Gasteiger partial charge in [-0.3, -0.25) is 4.79 Å². The first kappa shape index (κ1) is 21.2. The zero-order valence-corrected chi connectivity index (χ0v) is 19.5. The van der Waals surface area contributed by atoms with Gasteiger partial charge in [-0.1, -0.05) is 72.8 Å². The highest BCUT2D eigenvalue weighted by atomic mass is 16.5. The van der Waals surface area contributed by atoms with Crippen molar-refractivity contribution in [2.24, 2.45) is 0 Å². The number of rotatable bonds is 4. The number of carbonyl (C=O) groups excluding carboxylic acids is 2. The monoisotopic (exact) mass is 460 g/mol. The first-order valence-electron chi connectivity index (χ1n) is 11.6. The number of dihydropyridines is 1. The maximum absolute atomic E-state index is 13.7. The Hall–Kier alpha value is -4.38. The van der Waals surface area contributed by atoms with Crippen molar-refractivity contribution in [1.82, 2.24) is 9.88 Å². The topological polar surface area (TPSA) is 60.3 Å². The third kappa shape index (κ3) is 3.23. The number of benzene rings is 3. The van der Waals surface area contributed by atoms with E-state index < -0.39 is 11.9 Å². The lowest BCUT2D eigenvalue weighted by Gasteiger charge is -2.28. The van der Waals surface area contributed by atoms with Crippen LogP contribution >= 0.6 is 0 Å². The van der Waals surface area contributed by atoms with Crippen molar-refractivity contribution in [2.45, 2.75) is 19.4 Å². The molecule has 3 aromatic carbocycles. The van der Waals surface area contributed by atoms with Crippen LogP contribution in [0.5, 0.6) is 0 Å². The fourth-order valence-corrected chi connectivity index (χ4v) is 5.44. The summed E-state index contributed by atoms with van der Waals surface area (Å²) < 4.78 is 7.40. The summed E-state index contributed by atoms with van der Waals surface area (Å²) in [6.07, 6.45) is 2.09. The van der Waals surface area contributed by atoms with E-state index in [1.807, 2.05) is 61.5 Å². The largest absolute Gasteiger partial charge is 0.466 e. The van der Waals surface area contributed by atoms with Crippen LogP contribution in [-0.4, -0.2) is 23.4 Å². The van der Waals surface area contributed by atoms with Crippen molar-refractivity contribution >= 4 is 28.4 Å². The number of methoxy groups -OCH3 is 1. The third-order valence-electron chi connectivity index (χ3n) is 6.98. The molecule has 5 heteroatoms. The number of hydrogen-bond donors (Lipinski definition) is 1. The quantitative estimate of drug-likeness (QED) is 0.413. The third-order valence-corrected chi connectivity index (χ3v) is 6.98. The summed E-state index contributed by atoms with van der Waals surface area (Å²) in [7, 11) is 1.38. The number of nitrogens with zero attached hydrogens (tertiary/aromatic N) is 1. The zero-order chi connectivity index (χ0) is 24.1. The van der Waals surface area contributed by atoms with E-state index in [0.717, 1.165) is 27.7 Å². The average molecular weight is 461 g/mol. The number of carbonyl (C=O) groups is 2.